The third-order valence-corrected chi connectivity index (χ3v) is 12.0. The van der Waals surface area contributed by atoms with Gasteiger partial charge < -0.3 is 38.9 Å². The second-order valence-electron chi connectivity index (χ2n) is 15.8. The number of H-pyrrole nitrogens is 4. The summed E-state index contributed by atoms with van der Waals surface area (Å²) < 4.78 is 21.3. The minimum Gasteiger partial charge on any atom is -0.469 e. The number of carbonyl (C=O) groups excluding carboxylic acids is 5. The van der Waals surface area contributed by atoms with Crippen LogP contribution in [0.3, 0.4) is 0 Å². The van der Waals surface area contributed by atoms with Crippen LogP contribution in [0.25, 0.3) is 0 Å². The molecule has 0 aliphatic heterocycles. The van der Waals surface area contributed by atoms with Crippen LogP contribution < -0.4 is 0 Å². The molecule has 63 heavy (non-hydrogen) atoms. The molecule has 2 aromatic carbocycles. The first-order valence-corrected chi connectivity index (χ1v) is 21.1. The summed E-state index contributed by atoms with van der Waals surface area (Å²) in [5.74, 6) is -2.03. The van der Waals surface area contributed by atoms with Crippen molar-refractivity contribution in [1.29, 1.82) is 0 Å². The van der Waals surface area contributed by atoms with Gasteiger partial charge >= 0.3 is 23.9 Å². The van der Waals surface area contributed by atoms with Crippen LogP contribution >= 0.6 is 0 Å². The Kier molecular flexibility index (Phi) is 14.7. The molecule has 0 bridgehead atoms. The number of aromatic amines is 4. The molecule has 0 atom stereocenters. The van der Waals surface area contributed by atoms with Gasteiger partial charge in [0.05, 0.1) is 25.6 Å². The summed E-state index contributed by atoms with van der Waals surface area (Å²) in [7, 11) is 2.70. The average molecular weight is 857 g/mol. The molecule has 4 aromatic heterocycles. The summed E-state index contributed by atoms with van der Waals surface area (Å²) in [6.07, 6.45) is 2.24. The largest absolute Gasteiger partial charge is 0.469 e. The van der Waals surface area contributed by atoms with Gasteiger partial charge in [-0.05, 0) is 110 Å². The molecule has 330 valence electrons. The average Bonchev–Trinajstić information content (AvgIpc) is 3.99. The van der Waals surface area contributed by atoms with E-state index in [1.807, 2.05) is 102 Å². The molecule has 0 unspecified atom stereocenters. The van der Waals surface area contributed by atoms with Crippen molar-refractivity contribution in [2.24, 2.45) is 0 Å². The SMILES string of the molecule is CCc1c(C(=O)c2[nH]c(Cc3[nH]c(Cc4[nH]c(C(=O)OCc5ccccc5)c(C)c4CCC(=O)OC)c(CCC(=O)OC)c3C)c(C)c2C)[nH]c(C(=O)OCc2ccccc2)c1C. The molecule has 4 heterocycles. The van der Waals surface area contributed by atoms with Gasteiger partial charge in [-0.1, -0.05) is 67.6 Å². The summed E-state index contributed by atoms with van der Waals surface area (Å²) in [6, 6.07) is 18.8. The molecule has 4 N–H and O–H groups in total. The van der Waals surface area contributed by atoms with E-state index in [0.29, 0.717) is 60.3 Å². The number of benzene rings is 2. The first kappa shape index (κ1) is 45.6. The second-order valence-corrected chi connectivity index (χ2v) is 15.8. The van der Waals surface area contributed by atoms with Crippen molar-refractivity contribution in [2.75, 3.05) is 14.2 Å². The highest BCUT2D eigenvalue weighted by molar-refractivity contribution is 6.10. The van der Waals surface area contributed by atoms with Crippen molar-refractivity contribution < 1.29 is 42.9 Å². The lowest BCUT2D eigenvalue weighted by molar-refractivity contribution is -0.141. The van der Waals surface area contributed by atoms with Gasteiger partial charge in [0.25, 0.3) is 0 Å². The zero-order chi connectivity index (χ0) is 45.4. The van der Waals surface area contributed by atoms with E-state index in [1.165, 1.54) is 14.2 Å². The van der Waals surface area contributed by atoms with Crippen LogP contribution in [0.1, 0.15) is 135 Å². The van der Waals surface area contributed by atoms with Crippen LogP contribution in [0.5, 0.6) is 0 Å². The minimum atomic E-state index is -0.532. The van der Waals surface area contributed by atoms with Crippen LogP contribution in [0.2, 0.25) is 0 Å². The summed E-state index contributed by atoms with van der Waals surface area (Å²) >= 11 is 0. The maximum atomic E-state index is 14.3. The third-order valence-electron chi connectivity index (χ3n) is 12.0. The Labute approximate surface area is 367 Å². The van der Waals surface area contributed by atoms with Crippen LogP contribution in [0.15, 0.2) is 60.7 Å². The number of ketones is 1. The molecule has 0 aliphatic carbocycles. The normalized spacial score (nSPS) is 11.1. The fraction of sp³-hybridized carbons (Fsp3) is 0.340. The molecule has 0 aliphatic rings. The molecular formula is C50H56N4O9. The molecule has 0 saturated heterocycles. The smallest absolute Gasteiger partial charge is 0.355 e. The first-order valence-electron chi connectivity index (χ1n) is 21.1. The highest BCUT2D eigenvalue weighted by Gasteiger charge is 2.28. The highest BCUT2D eigenvalue weighted by atomic mass is 16.5. The number of hydrogen-bond donors (Lipinski definition) is 4. The fourth-order valence-corrected chi connectivity index (χ4v) is 8.17. The van der Waals surface area contributed by atoms with Crippen LogP contribution in [0, 0.1) is 34.6 Å². The molecule has 0 fully saturated rings. The monoisotopic (exact) mass is 856 g/mol. The molecule has 6 aromatic rings. The molecule has 0 saturated carbocycles. The van der Waals surface area contributed by atoms with Gasteiger partial charge in [-0.3, -0.25) is 14.4 Å². The van der Waals surface area contributed by atoms with Crippen LogP contribution in [0.4, 0.5) is 0 Å². The van der Waals surface area contributed by atoms with Gasteiger partial charge in [-0.15, -0.1) is 0 Å². The van der Waals surface area contributed by atoms with Crippen molar-refractivity contribution in [3.63, 3.8) is 0 Å². The molecular weight excluding hydrogens is 801 g/mol. The zero-order valence-corrected chi connectivity index (χ0v) is 37.3. The summed E-state index contributed by atoms with van der Waals surface area (Å²) in [4.78, 5) is 79.4. The van der Waals surface area contributed by atoms with Crippen molar-refractivity contribution in [3.8, 4) is 0 Å². The van der Waals surface area contributed by atoms with E-state index in [4.69, 9.17) is 18.9 Å². The van der Waals surface area contributed by atoms with E-state index < -0.39 is 11.9 Å². The van der Waals surface area contributed by atoms with Crippen molar-refractivity contribution >= 4 is 29.7 Å². The Morgan fingerprint density at radius 3 is 1.44 bits per heavy atom. The highest BCUT2D eigenvalue weighted by Crippen LogP contribution is 2.31. The van der Waals surface area contributed by atoms with E-state index in [0.717, 1.165) is 67.3 Å². The summed E-state index contributed by atoms with van der Waals surface area (Å²) in [6.45, 7) is 11.7. The van der Waals surface area contributed by atoms with Gasteiger partial charge in [-0.25, -0.2) is 9.59 Å². The molecule has 0 radical (unpaired) electrons. The predicted molar refractivity (Wildman–Crippen MR) is 237 cm³/mol. The van der Waals surface area contributed by atoms with Crippen molar-refractivity contribution in [2.45, 2.75) is 99.7 Å². The Morgan fingerprint density at radius 2 is 0.921 bits per heavy atom. The number of methoxy groups -OCH3 is 2. The van der Waals surface area contributed by atoms with E-state index in [9.17, 15) is 24.0 Å². The number of carbonyl (C=O) groups is 5. The Balaban J connectivity index is 1.30. The lowest BCUT2D eigenvalue weighted by atomic mass is 9.98. The standard InChI is InChI=1S/C50H56N4O9/c1-9-35-31(5)46(50(59)63-27-34-18-14-11-15-19-34)54-47(35)48(57)44-29(3)28(2)38(52-44)24-39-30(4)36(20-22-42(55)60-7)40(51-39)25-41-37(21-23-43(56)61-8)32(6)45(53-41)49(58)62-26-33-16-12-10-13-17-33/h10-19,51-54H,9,20-27H2,1-8H3. The second kappa shape index (κ2) is 20.3. The lowest BCUT2D eigenvalue weighted by Gasteiger charge is -2.08. The number of esters is 4. The summed E-state index contributed by atoms with van der Waals surface area (Å²) in [5.41, 5.74) is 12.8. The van der Waals surface area contributed by atoms with E-state index in [-0.39, 0.29) is 49.5 Å². The minimum absolute atomic E-state index is 0.0992. The number of aromatic nitrogens is 4. The number of hydrogen-bond acceptors (Lipinski definition) is 9. The lowest BCUT2D eigenvalue weighted by Crippen LogP contribution is -2.09. The van der Waals surface area contributed by atoms with Crippen molar-refractivity contribution in [1.82, 2.24) is 19.9 Å². The zero-order valence-electron chi connectivity index (χ0n) is 37.3. The van der Waals surface area contributed by atoms with Gasteiger partial charge in [0.1, 0.15) is 24.6 Å². The van der Waals surface area contributed by atoms with E-state index in [2.05, 4.69) is 19.9 Å². The van der Waals surface area contributed by atoms with Gasteiger partial charge in [-0.2, -0.15) is 0 Å². The number of nitrogens with one attached hydrogen (secondary N) is 4. The number of rotatable bonds is 19. The fourth-order valence-electron chi connectivity index (χ4n) is 8.17. The van der Waals surface area contributed by atoms with Crippen LogP contribution in [-0.2, 0) is 73.9 Å². The predicted octanol–water partition coefficient (Wildman–Crippen LogP) is 8.44. The maximum Gasteiger partial charge on any atom is 0.355 e. The molecule has 0 spiro atoms. The van der Waals surface area contributed by atoms with E-state index in [1.54, 1.807) is 0 Å². The van der Waals surface area contributed by atoms with Crippen molar-refractivity contribution in [3.05, 3.63) is 162 Å². The van der Waals surface area contributed by atoms with Crippen LogP contribution in [-0.4, -0.2) is 63.8 Å². The van der Waals surface area contributed by atoms with Gasteiger partial charge in [0.2, 0.25) is 5.78 Å². The van der Waals surface area contributed by atoms with E-state index >= 15 is 0 Å². The molecule has 6 rings (SSSR count). The number of ether oxygens (including phenoxy) is 4. The summed E-state index contributed by atoms with van der Waals surface area (Å²) in [5, 5.41) is 0. The first-order chi connectivity index (χ1) is 30.3. The quantitative estimate of drug-likeness (QED) is 0.0353. The third kappa shape index (κ3) is 10.3. The molecule has 13 heteroatoms. The van der Waals surface area contributed by atoms with Gasteiger partial charge in [0.15, 0.2) is 0 Å². The maximum absolute atomic E-state index is 14.3. The Hall–Kier alpha value is -6.89. The Bertz CT molecular complexity index is 2630. The van der Waals surface area contributed by atoms with Gasteiger partial charge in [0, 0.05) is 48.5 Å². The molecule has 0 amide bonds. The topological polar surface area (TPSA) is 185 Å². The molecule has 13 nitrogen and oxygen atoms in total. The Morgan fingerprint density at radius 1 is 0.476 bits per heavy atom.